The largest absolute Gasteiger partial charge is 0.481 e. The van der Waals surface area contributed by atoms with Gasteiger partial charge in [-0.05, 0) is 48.4 Å². The predicted octanol–water partition coefficient (Wildman–Crippen LogP) is 4.41. The summed E-state index contributed by atoms with van der Waals surface area (Å²) in [6.07, 6.45) is 1.45. The second kappa shape index (κ2) is 10.3. The zero-order valence-electron chi connectivity index (χ0n) is 19.7. The molecule has 2 aromatic rings. The zero-order chi connectivity index (χ0) is 24.2. The standard InChI is InChI=1S/C27H32N2O5/c1-3-8-24(25(30)29-14-13-18(26(31)32)15-17(29)2)28-27(33)34-16-23-21-11-6-4-9-19(21)20-10-5-7-12-22(20)23/h4-7,9-12,17-18,23-24H,3,8,13-16H2,1-2H3,(H,28,33)(H,31,32). The third-order valence-corrected chi connectivity index (χ3v) is 7.02. The molecule has 7 nitrogen and oxygen atoms in total. The average Bonchev–Trinajstić information content (AvgIpc) is 3.15. The summed E-state index contributed by atoms with van der Waals surface area (Å²) in [6, 6.07) is 15.4. The number of hydrogen-bond donors (Lipinski definition) is 2. The Balaban J connectivity index is 1.39. The van der Waals surface area contributed by atoms with Crippen LogP contribution in [0.1, 0.15) is 56.6 Å². The third-order valence-electron chi connectivity index (χ3n) is 7.02. The lowest BCUT2D eigenvalue weighted by Crippen LogP contribution is -2.54. The van der Waals surface area contributed by atoms with Crippen molar-refractivity contribution < 1.29 is 24.2 Å². The van der Waals surface area contributed by atoms with Gasteiger partial charge < -0.3 is 20.1 Å². The molecule has 2 aliphatic rings. The van der Waals surface area contributed by atoms with E-state index >= 15 is 0 Å². The van der Waals surface area contributed by atoms with Gasteiger partial charge in [0.2, 0.25) is 5.91 Å². The van der Waals surface area contributed by atoms with E-state index in [1.54, 1.807) is 4.90 Å². The SMILES string of the molecule is CCCC(NC(=O)OCC1c2ccccc2-c2ccccc21)C(=O)N1CCC(C(=O)O)CC1C. The molecule has 0 saturated carbocycles. The van der Waals surface area contributed by atoms with Gasteiger partial charge in [0.05, 0.1) is 5.92 Å². The van der Waals surface area contributed by atoms with Gasteiger partial charge in [-0.2, -0.15) is 0 Å². The van der Waals surface area contributed by atoms with E-state index < -0.39 is 24.0 Å². The molecule has 2 aromatic carbocycles. The molecule has 7 heteroatoms. The molecule has 4 rings (SSSR count). The fraction of sp³-hybridized carbons (Fsp3) is 0.444. The molecule has 1 aliphatic heterocycles. The van der Waals surface area contributed by atoms with Crippen molar-refractivity contribution in [2.24, 2.45) is 5.92 Å². The van der Waals surface area contributed by atoms with Crippen molar-refractivity contribution in [1.29, 1.82) is 0 Å². The fourth-order valence-corrected chi connectivity index (χ4v) is 5.25. The maximum Gasteiger partial charge on any atom is 0.407 e. The van der Waals surface area contributed by atoms with Crippen LogP contribution in [0, 0.1) is 5.92 Å². The van der Waals surface area contributed by atoms with Crippen LogP contribution in [0.25, 0.3) is 11.1 Å². The van der Waals surface area contributed by atoms with E-state index in [1.807, 2.05) is 38.1 Å². The van der Waals surface area contributed by atoms with E-state index in [0.29, 0.717) is 25.8 Å². The summed E-state index contributed by atoms with van der Waals surface area (Å²) in [7, 11) is 0. The molecule has 0 spiro atoms. The van der Waals surface area contributed by atoms with Gasteiger partial charge in [0, 0.05) is 18.5 Å². The Kier molecular flexibility index (Phi) is 7.20. The Labute approximate surface area is 200 Å². The first-order valence-electron chi connectivity index (χ1n) is 12.1. The van der Waals surface area contributed by atoms with E-state index in [9.17, 15) is 19.5 Å². The lowest BCUT2D eigenvalue weighted by Gasteiger charge is -2.38. The Morgan fingerprint density at radius 3 is 2.26 bits per heavy atom. The lowest BCUT2D eigenvalue weighted by molar-refractivity contribution is -0.148. The highest BCUT2D eigenvalue weighted by molar-refractivity contribution is 5.86. The summed E-state index contributed by atoms with van der Waals surface area (Å²) in [5.74, 6) is -1.47. The van der Waals surface area contributed by atoms with E-state index in [2.05, 4.69) is 29.6 Å². The average molecular weight is 465 g/mol. The van der Waals surface area contributed by atoms with Gasteiger partial charge in [0.25, 0.3) is 0 Å². The second-order valence-electron chi connectivity index (χ2n) is 9.25. The first kappa shape index (κ1) is 23.8. The van der Waals surface area contributed by atoms with E-state index in [0.717, 1.165) is 28.7 Å². The van der Waals surface area contributed by atoms with Crippen molar-refractivity contribution in [3.63, 3.8) is 0 Å². The molecule has 180 valence electrons. The number of likely N-dealkylation sites (tertiary alicyclic amines) is 1. The van der Waals surface area contributed by atoms with E-state index in [-0.39, 0.29) is 24.5 Å². The molecule has 3 atom stereocenters. The van der Waals surface area contributed by atoms with Gasteiger partial charge >= 0.3 is 12.1 Å². The molecule has 34 heavy (non-hydrogen) atoms. The second-order valence-corrected chi connectivity index (χ2v) is 9.25. The highest BCUT2D eigenvalue weighted by Gasteiger charge is 2.36. The van der Waals surface area contributed by atoms with Crippen LogP contribution < -0.4 is 5.32 Å². The zero-order valence-corrected chi connectivity index (χ0v) is 19.7. The molecule has 2 N–H and O–H groups in total. The summed E-state index contributed by atoms with van der Waals surface area (Å²) >= 11 is 0. The minimum absolute atomic E-state index is 0.0476. The number of alkyl carbamates (subject to hydrolysis) is 1. The minimum Gasteiger partial charge on any atom is -0.481 e. The third kappa shape index (κ3) is 4.79. The van der Waals surface area contributed by atoms with Crippen LogP contribution in [0.3, 0.4) is 0 Å². The predicted molar refractivity (Wildman–Crippen MR) is 128 cm³/mol. The van der Waals surface area contributed by atoms with Crippen molar-refractivity contribution in [1.82, 2.24) is 10.2 Å². The number of benzene rings is 2. The number of fused-ring (bicyclic) bond motifs is 3. The van der Waals surface area contributed by atoms with Crippen molar-refractivity contribution in [3.05, 3.63) is 59.7 Å². The molecule has 0 bridgehead atoms. The summed E-state index contributed by atoms with van der Waals surface area (Å²) in [5.41, 5.74) is 4.58. The first-order chi connectivity index (χ1) is 16.4. The highest BCUT2D eigenvalue weighted by Crippen LogP contribution is 2.44. The maximum absolute atomic E-state index is 13.2. The van der Waals surface area contributed by atoms with Crippen LogP contribution in [0.4, 0.5) is 4.79 Å². The number of nitrogens with zero attached hydrogens (tertiary/aromatic N) is 1. The van der Waals surface area contributed by atoms with Crippen molar-refractivity contribution in [2.45, 2.75) is 57.5 Å². The Morgan fingerprint density at radius 2 is 1.71 bits per heavy atom. The molecular weight excluding hydrogens is 432 g/mol. The van der Waals surface area contributed by atoms with Crippen LogP contribution in [0.2, 0.25) is 0 Å². The van der Waals surface area contributed by atoms with Gasteiger partial charge in [-0.15, -0.1) is 0 Å². The Morgan fingerprint density at radius 1 is 1.09 bits per heavy atom. The molecule has 1 saturated heterocycles. The topological polar surface area (TPSA) is 95.9 Å². The quantitative estimate of drug-likeness (QED) is 0.633. The van der Waals surface area contributed by atoms with Crippen LogP contribution in [0.5, 0.6) is 0 Å². The van der Waals surface area contributed by atoms with Gasteiger partial charge in [0.1, 0.15) is 12.6 Å². The summed E-state index contributed by atoms with van der Waals surface area (Å²) in [5, 5.41) is 12.1. The van der Waals surface area contributed by atoms with E-state index in [1.165, 1.54) is 0 Å². The molecule has 1 fully saturated rings. The van der Waals surface area contributed by atoms with Gasteiger partial charge in [0.15, 0.2) is 0 Å². The number of hydrogen-bond acceptors (Lipinski definition) is 4. The molecule has 0 radical (unpaired) electrons. The highest BCUT2D eigenvalue weighted by atomic mass is 16.5. The monoisotopic (exact) mass is 464 g/mol. The smallest absolute Gasteiger partial charge is 0.407 e. The normalized spacial score (nSPS) is 20.2. The van der Waals surface area contributed by atoms with Crippen LogP contribution in [-0.4, -0.2) is 53.2 Å². The van der Waals surface area contributed by atoms with Gasteiger partial charge in [-0.1, -0.05) is 61.9 Å². The number of piperidine rings is 1. The number of nitrogens with one attached hydrogen (secondary N) is 1. The van der Waals surface area contributed by atoms with Crippen molar-refractivity contribution >= 4 is 18.0 Å². The molecule has 0 aromatic heterocycles. The Hall–Kier alpha value is -3.35. The van der Waals surface area contributed by atoms with Crippen molar-refractivity contribution in [3.8, 4) is 11.1 Å². The number of aliphatic carboxylic acids is 1. The van der Waals surface area contributed by atoms with E-state index in [4.69, 9.17) is 4.74 Å². The van der Waals surface area contributed by atoms with Crippen molar-refractivity contribution in [2.75, 3.05) is 13.2 Å². The number of carbonyl (C=O) groups is 3. The van der Waals surface area contributed by atoms with Crippen LogP contribution in [-0.2, 0) is 14.3 Å². The number of amides is 2. The minimum atomic E-state index is -0.819. The number of carboxylic acids is 1. The molecule has 2 amide bonds. The van der Waals surface area contributed by atoms with Crippen LogP contribution in [0.15, 0.2) is 48.5 Å². The van der Waals surface area contributed by atoms with Gasteiger partial charge in [-0.25, -0.2) is 4.79 Å². The Bertz CT molecular complexity index is 1020. The number of ether oxygens (including phenoxy) is 1. The summed E-state index contributed by atoms with van der Waals surface area (Å²) in [4.78, 5) is 39.0. The first-order valence-corrected chi connectivity index (χ1v) is 12.1. The number of carboxylic acid groups (broad SMARTS) is 1. The maximum atomic E-state index is 13.2. The fourth-order valence-electron chi connectivity index (χ4n) is 5.25. The molecule has 3 unspecified atom stereocenters. The lowest BCUT2D eigenvalue weighted by atomic mass is 9.91. The molecule has 1 heterocycles. The number of carbonyl (C=O) groups excluding carboxylic acids is 2. The molecule has 1 aliphatic carbocycles. The summed E-state index contributed by atoms with van der Waals surface area (Å²) < 4.78 is 5.63. The number of rotatable bonds is 7. The van der Waals surface area contributed by atoms with Crippen LogP contribution >= 0.6 is 0 Å². The molecular formula is C27H32N2O5. The van der Waals surface area contributed by atoms with Gasteiger partial charge in [-0.3, -0.25) is 9.59 Å². The summed E-state index contributed by atoms with van der Waals surface area (Å²) in [6.45, 7) is 4.39.